The Balaban J connectivity index is 1.26. The molecule has 0 aliphatic heterocycles. The van der Waals surface area contributed by atoms with Crippen molar-refractivity contribution < 1.29 is 14.4 Å². The average molecular weight is 625 g/mol. The third kappa shape index (κ3) is 8.29. The van der Waals surface area contributed by atoms with Gasteiger partial charge in [-0.05, 0) is 67.3 Å². The lowest BCUT2D eigenvalue weighted by Gasteiger charge is -2.14. The number of thiophene rings is 1. The maximum atomic E-state index is 13.4. The minimum Gasteiger partial charge on any atom is -0.321 e. The molecule has 3 N–H and O–H groups in total. The van der Waals surface area contributed by atoms with Crippen LogP contribution in [0.15, 0.2) is 112 Å². The molecule has 5 aromatic rings. The van der Waals surface area contributed by atoms with Crippen molar-refractivity contribution in [1.82, 2.24) is 10.3 Å². The SMILES string of the molecule is Cc1cccc(/C=C(/NC(=O)c2ccccc2)C(=O)Nc2cccc(SC(C)C(=O)Nc3nc(-c4cccs4)cs3)c2)c1. The fourth-order valence-corrected chi connectivity index (χ4v) is 6.45. The van der Waals surface area contributed by atoms with Gasteiger partial charge in [-0.25, -0.2) is 4.98 Å². The van der Waals surface area contributed by atoms with Crippen molar-refractivity contribution in [3.8, 4) is 10.6 Å². The van der Waals surface area contributed by atoms with Gasteiger partial charge in [-0.3, -0.25) is 14.4 Å². The van der Waals surface area contributed by atoms with Gasteiger partial charge in [0.25, 0.3) is 11.8 Å². The highest BCUT2D eigenvalue weighted by atomic mass is 32.2. The van der Waals surface area contributed by atoms with Crippen LogP contribution >= 0.6 is 34.4 Å². The van der Waals surface area contributed by atoms with Gasteiger partial charge in [-0.1, -0.05) is 60.2 Å². The van der Waals surface area contributed by atoms with Gasteiger partial charge in [0.15, 0.2) is 5.13 Å². The largest absolute Gasteiger partial charge is 0.321 e. The van der Waals surface area contributed by atoms with Gasteiger partial charge >= 0.3 is 0 Å². The number of carbonyl (C=O) groups excluding carboxylic acids is 3. The van der Waals surface area contributed by atoms with Gasteiger partial charge in [-0.15, -0.1) is 34.4 Å². The molecule has 43 heavy (non-hydrogen) atoms. The summed E-state index contributed by atoms with van der Waals surface area (Å²) >= 11 is 4.35. The number of thioether (sulfide) groups is 1. The third-order valence-corrected chi connectivity index (χ3v) is 8.91. The topological polar surface area (TPSA) is 100 Å². The monoisotopic (exact) mass is 624 g/mol. The van der Waals surface area contributed by atoms with Crippen LogP contribution in [0.25, 0.3) is 16.6 Å². The lowest BCUT2D eigenvalue weighted by Crippen LogP contribution is -2.30. The Kier molecular flexibility index (Phi) is 9.83. The molecule has 3 aromatic carbocycles. The molecule has 0 saturated carbocycles. The minimum atomic E-state index is -0.468. The summed E-state index contributed by atoms with van der Waals surface area (Å²) in [5, 5.41) is 12.6. The molecule has 0 bridgehead atoms. The number of aryl methyl sites for hydroxylation is 1. The summed E-state index contributed by atoms with van der Waals surface area (Å²) in [5.41, 5.74) is 3.74. The Hall–Kier alpha value is -4.51. The van der Waals surface area contributed by atoms with Gasteiger partial charge in [0, 0.05) is 21.5 Å². The zero-order chi connectivity index (χ0) is 30.2. The highest BCUT2D eigenvalue weighted by Gasteiger charge is 2.18. The normalized spacial score (nSPS) is 11.9. The van der Waals surface area contributed by atoms with Gasteiger partial charge in [-0.2, -0.15) is 0 Å². The second-order valence-corrected chi connectivity index (χ2v) is 12.8. The number of benzene rings is 3. The highest BCUT2D eigenvalue weighted by molar-refractivity contribution is 8.00. The molecule has 1 atom stereocenters. The lowest BCUT2D eigenvalue weighted by atomic mass is 10.1. The first-order valence-electron chi connectivity index (χ1n) is 13.4. The number of hydrogen-bond acceptors (Lipinski definition) is 7. The number of carbonyl (C=O) groups is 3. The van der Waals surface area contributed by atoms with Crippen molar-refractivity contribution in [2.75, 3.05) is 10.6 Å². The Morgan fingerprint density at radius 3 is 2.47 bits per heavy atom. The second-order valence-electron chi connectivity index (χ2n) is 9.54. The van der Waals surface area contributed by atoms with Crippen LogP contribution in [-0.4, -0.2) is 28.0 Å². The summed E-state index contributed by atoms with van der Waals surface area (Å²) in [6.07, 6.45) is 1.65. The number of aromatic nitrogens is 1. The number of nitrogens with zero attached hydrogens (tertiary/aromatic N) is 1. The van der Waals surface area contributed by atoms with E-state index in [-0.39, 0.29) is 17.5 Å². The van der Waals surface area contributed by atoms with Crippen molar-refractivity contribution in [2.24, 2.45) is 0 Å². The first-order chi connectivity index (χ1) is 20.8. The fraction of sp³-hybridized carbons (Fsp3) is 0.0909. The van der Waals surface area contributed by atoms with E-state index in [2.05, 4.69) is 20.9 Å². The first kappa shape index (κ1) is 30.0. The molecule has 1 unspecified atom stereocenters. The number of nitrogens with one attached hydrogen (secondary N) is 3. The van der Waals surface area contributed by atoms with Crippen molar-refractivity contribution in [3.05, 3.63) is 124 Å². The molecule has 0 radical (unpaired) electrons. The van der Waals surface area contributed by atoms with Crippen LogP contribution in [-0.2, 0) is 9.59 Å². The van der Waals surface area contributed by atoms with Crippen molar-refractivity contribution in [1.29, 1.82) is 0 Å². The smallest absolute Gasteiger partial charge is 0.272 e. The van der Waals surface area contributed by atoms with Crippen LogP contribution in [0.4, 0.5) is 10.8 Å². The number of amides is 3. The van der Waals surface area contributed by atoms with E-state index in [1.165, 1.54) is 23.1 Å². The van der Waals surface area contributed by atoms with Gasteiger partial charge < -0.3 is 16.0 Å². The summed E-state index contributed by atoms with van der Waals surface area (Å²) < 4.78 is 0. The van der Waals surface area contributed by atoms with E-state index in [1.807, 2.05) is 79.2 Å². The highest BCUT2D eigenvalue weighted by Crippen LogP contribution is 2.30. The standard InChI is InChI=1S/C33H28N4O3S3/c1-21-9-6-10-23(17-21)18-27(35-31(39)24-11-4-3-5-12-24)32(40)34-25-13-7-14-26(19-25)43-22(2)30(38)37-33-36-28(20-42-33)29-15-8-16-41-29/h3-20,22H,1-2H3,(H,34,40)(H,35,39)(H,36,37,38)/b27-18+. The molecule has 3 amide bonds. The Bertz CT molecular complexity index is 1770. The molecule has 0 aliphatic rings. The molecular weight excluding hydrogens is 597 g/mol. The van der Waals surface area contributed by atoms with E-state index in [0.29, 0.717) is 16.4 Å². The van der Waals surface area contributed by atoms with E-state index >= 15 is 0 Å². The van der Waals surface area contributed by atoms with Crippen LogP contribution in [0.3, 0.4) is 0 Å². The summed E-state index contributed by atoms with van der Waals surface area (Å²) in [5.74, 6) is -1.02. The maximum Gasteiger partial charge on any atom is 0.272 e. The predicted octanol–water partition coefficient (Wildman–Crippen LogP) is 7.71. The first-order valence-corrected chi connectivity index (χ1v) is 16.0. The van der Waals surface area contributed by atoms with Gasteiger partial charge in [0.1, 0.15) is 5.70 Å². The molecule has 0 spiro atoms. The zero-order valence-corrected chi connectivity index (χ0v) is 25.8. The van der Waals surface area contributed by atoms with E-state index in [9.17, 15) is 14.4 Å². The Labute approximate surface area is 262 Å². The summed E-state index contributed by atoms with van der Waals surface area (Å²) in [7, 11) is 0. The van der Waals surface area contributed by atoms with Crippen molar-refractivity contribution in [2.45, 2.75) is 24.0 Å². The molecule has 5 rings (SSSR count). The van der Waals surface area contributed by atoms with E-state index in [0.717, 1.165) is 26.6 Å². The molecule has 2 aromatic heterocycles. The Morgan fingerprint density at radius 2 is 1.70 bits per heavy atom. The third-order valence-electron chi connectivity index (χ3n) is 6.16. The predicted molar refractivity (Wildman–Crippen MR) is 178 cm³/mol. The summed E-state index contributed by atoms with van der Waals surface area (Å²) in [4.78, 5) is 45.6. The summed E-state index contributed by atoms with van der Waals surface area (Å²) in [6.45, 7) is 3.78. The quantitative estimate of drug-likeness (QED) is 0.109. The van der Waals surface area contributed by atoms with Gasteiger partial charge in [0.05, 0.1) is 15.8 Å². The van der Waals surface area contributed by atoms with Crippen LogP contribution in [0.5, 0.6) is 0 Å². The molecule has 0 saturated heterocycles. The fourth-order valence-electron chi connectivity index (χ4n) is 4.05. The van der Waals surface area contributed by atoms with Crippen LogP contribution in [0.1, 0.15) is 28.4 Å². The molecule has 0 aliphatic carbocycles. The van der Waals surface area contributed by atoms with E-state index in [4.69, 9.17) is 0 Å². The zero-order valence-electron chi connectivity index (χ0n) is 23.4. The number of rotatable bonds is 10. The molecule has 10 heteroatoms. The lowest BCUT2D eigenvalue weighted by molar-refractivity contribution is -0.115. The summed E-state index contributed by atoms with van der Waals surface area (Å²) in [6, 6.07) is 27.6. The molecule has 0 fully saturated rings. The van der Waals surface area contributed by atoms with Crippen molar-refractivity contribution in [3.63, 3.8) is 0 Å². The molecular formula is C33H28N4O3S3. The van der Waals surface area contributed by atoms with E-state index in [1.54, 1.807) is 53.8 Å². The van der Waals surface area contributed by atoms with Crippen LogP contribution < -0.4 is 16.0 Å². The average Bonchev–Trinajstić information content (AvgIpc) is 3.70. The number of hydrogen-bond donors (Lipinski definition) is 3. The molecule has 216 valence electrons. The van der Waals surface area contributed by atoms with Crippen LogP contribution in [0.2, 0.25) is 0 Å². The van der Waals surface area contributed by atoms with Crippen molar-refractivity contribution >= 4 is 69.1 Å². The van der Waals surface area contributed by atoms with Crippen LogP contribution in [0, 0.1) is 6.92 Å². The molecule has 7 nitrogen and oxygen atoms in total. The minimum absolute atomic E-state index is 0.107. The van der Waals surface area contributed by atoms with E-state index < -0.39 is 11.2 Å². The number of anilines is 2. The Morgan fingerprint density at radius 1 is 0.884 bits per heavy atom. The second kappa shape index (κ2) is 14.1. The number of thiazole rings is 1. The maximum absolute atomic E-state index is 13.4. The van der Waals surface area contributed by atoms with Gasteiger partial charge in [0.2, 0.25) is 5.91 Å². The molecule has 2 heterocycles.